The van der Waals surface area contributed by atoms with E-state index in [1.165, 1.54) is 11.3 Å². The van der Waals surface area contributed by atoms with Gasteiger partial charge in [-0.2, -0.15) is 4.98 Å². The zero-order chi connectivity index (χ0) is 12.1. The first-order valence-electron chi connectivity index (χ1n) is 4.89. The summed E-state index contributed by atoms with van der Waals surface area (Å²) in [4.78, 5) is 11.6. The van der Waals surface area contributed by atoms with Crippen molar-refractivity contribution < 1.29 is 4.39 Å². The average molecular weight is 254 g/mol. The first kappa shape index (κ1) is 11.7. The predicted octanol–water partition coefficient (Wildman–Crippen LogP) is 1.01. The number of aromatic nitrogens is 3. The van der Waals surface area contributed by atoms with Crippen LogP contribution >= 0.6 is 11.3 Å². The third kappa shape index (κ3) is 3.08. The molecule has 0 radical (unpaired) electrons. The zero-order valence-electron chi connectivity index (χ0n) is 8.85. The lowest BCUT2D eigenvalue weighted by molar-refractivity contribution is 0.617. The van der Waals surface area contributed by atoms with Crippen LogP contribution in [-0.2, 0) is 6.42 Å². The summed E-state index contributed by atoms with van der Waals surface area (Å²) in [5.41, 5.74) is 4.99. The molecular weight excluding hydrogens is 243 g/mol. The quantitative estimate of drug-likeness (QED) is 0.545. The Labute approximate surface area is 101 Å². The third-order valence-corrected chi connectivity index (χ3v) is 2.67. The molecule has 0 atom stereocenters. The predicted molar refractivity (Wildman–Crippen MR) is 64.1 cm³/mol. The van der Waals surface area contributed by atoms with Crippen LogP contribution in [0.25, 0.3) is 0 Å². The Morgan fingerprint density at radius 1 is 1.41 bits per heavy atom. The first-order chi connectivity index (χ1) is 8.29. The molecule has 0 aliphatic carbocycles. The average Bonchev–Trinajstić information content (AvgIpc) is 2.84. The maximum absolute atomic E-state index is 13.3. The number of nitrogens with zero attached hydrogens (tertiary/aromatic N) is 3. The van der Waals surface area contributed by atoms with Gasteiger partial charge in [0, 0.05) is 18.3 Å². The van der Waals surface area contributed by atoms with Crippen LogP contribution in [-0.4, -0.2) is 21.5 Å². The Kier molecular flexibility index (Phi) is 3.78. The molecule has 0 bridgehead atoms. The molecule has 90 valence electrons. The van der Waals surface area contributed by atoms with Gasteiger partial charge in [-0.1, -0.05) is 0 Å². The molecular formula is C9H11FN6S. The smallest absolute Gasteiger partial charge is 0.239 e. The van der Waals surface area contributed by atoms with Crippen LogP contribution in [0.4, 0.5) is 16.2 Å². The lowest BCUT2D eigenvalue weighted by Crippen LogP contribution is -2.14. The van der Waals surface area contributed by atoms with Crippen molar-refractivity contribution in [1.29, 1.82) is 0 Å². The van der Waals surface area contributed by atoms with E-state index in [4.69, 9.17) is 5.84 Å². The molecule has 0 spiro atoms. The molecule has 0 aliphatic rings. The summed E-state index contributed by atoms with van der Waals surface area (Å²) >= 11 is 1.53. The normalized spacial score (nSPS) is 10.2. The highest BCUT2D eigenvalue weighted by atomic mass is 32.1. The molecule has 0 saturated heterocycles. The Hall–Kier alpha value is -1.80. The Morgan fingerprint density at radius 3 is 3.00 bits per heavy atom. The van der Waals surface area contributed by atoms with Crippen LogP contribution in [0, 0.1) is 5.82 Å². The van der Waals surface area contributed by atoms with Crippen LogP contribution in [0.2, 0.25) is 0 Å². The second kappa shape index (κ2) is 5.51. The largest absolute Gasteiger partial charge is 0.367 e. The fourth-order valence-corrected chi connectivity index (χ4v) is 1.82. The number of halogens is 1. The van der Waals surface area contributed by atoms with Gasteiger partial charge in [0.2, 0.25) is 5.95 Å². The molecule has 17 heavy (non-hydrogen) atoms. The van der Waals surface area contributed by atoms with E-state index in [0.29, 0.717) is 13.0 Å². The topological polar surface area (TPSA) is 88.8 Å². The van der Waals surface area contributed by atoms with Crippen molar-refractivity contribution >= 4 is 23.1 Å². The van der Waals surface area contributed by atoms with Gasteiger partial charge < -0.3 is 5.32 Å². The van der Waals surface area contributed by atoms with E-state index in [1.807, 2.05) is 5.38 Å². The van der Waals surface area contributed by atoms with Gasteiger partial charge in [0.15, 0.2) is 11.6 Å². The van der Waals surface area contributed by atoms with E-state index in [0.717, 1.165) is 11.9 Å². The number of hydrogen-bond donors (Lipinski definition) is 3. The molecule has 6 nitrogen and oxygen atoms in total. The minimum absolute atomic E-state index is 0.128. The summed E-state index contributed by atoms with van der Waals surface area (Å²) in [7, 11) is 0. The molecule has 2 aromatic rings. The third-order valence-electron chi connectivity index (χ3n) is 2.03. The molecule has 0 aromatic carbocycles. The number of hydrogen-bond acceptors (Lipinski definition) is 7. The van der Waals surface area contributed by atoms with Crippen molar-refractivity contribution in [1.82, 2.24) is 15.0 Å². The molecule has 0 saturated carbocycles. The maximum atomic E-state index is 13.3. The summed E-state index contributed by atoms with van der Waals surface area (Å²) in [6.45, 7) is 0.543. The van der Waals surface area contributed by atoms with Gasteiger partial charge >= 0.3 is 0 Å². The van der Waals surface area contributed by atoms with E-state index in [9.17, 15) is 4.39 Å². The van der Waals surface area contributed by atoms with Crippen molar-refractivity contribution in [2.24, 2.45) is 5.84 Å². The van der Waals surface area contributed by atoms with Crippen molar-refractivity contribution in [2.75, 3.05) is 17.3 Å². The van der Waals surface area contributed by atoms with Crippen LogP contribution in [0.5, 0.6) is 0 Å². The Balaban J connectivity index is 1.94. The summed E-state index contributed by atoms with van der Waals surface area (Å²) in [5.74, 6) is 4.93. The molecule has 2 rings (SSSR count). The Bertz CT molecular complexity index is 474. The van der Waals surface area contributed by atoms with E-state index in [2.05, 4.69) is 25.7 Å². The number of anilines is 2. The highest BCUT2D eigenvalue weighted by molar-refractivity contribution is 7.07. The van der Waals surface area contributed by atoms with Gasteiger partial charge in [-0.05, 0) is 0 Å². The van der Waals surface area contributed by atoms with Crippen molar-refractivity contribution in [3.05, 3.63) is 28.6 Å². The van der Waals surface area contributed by atoms with Crippen LogP contribution in [0.3, 0.4) is 0 Å². The maximum Gasteiger partial charge on any atom is 0.239 e. The monoisotopic (exact) mass is 254 g/mol. The molecule has 2 aromatic heterocycles. The highest BCUT2D eigenvalue weighted by Gasteiger charge is 2.05. The van der Waals surface area contributed by atoms with Gasteiger partial charge in [0.1, 0.15) is 0 Å². The Morgan fingerprint density at radius 2 is 2.29 bits per heavy atom. The molecule has 0 unspecified atom stereocenters. The number of nitrogens with one attached hydrogen (secondary N) is 2. The van der Waals surface area contributed by atoms with Crippen LogP contribution < -0.4 is 16.6 Å². The van der Waals surface area contributed by atoms with Gasteiger partial charge in [-0.3, -0.25) is 5.43 Å². The molecule has 8 heteroatoms. The summed E-state index contributed by atoms with van der Waals surface area (Å²) < 4.78 is 13.3. The lowest BCUT2D eigenvalue weighted by atomic mass is 10.3. The molecule has 0 amide bonds. The fraction of sp³-hybridized carbons (Fsp3) is 0.222. The lowest BCUT2D eigenvalue weighted by Gasteiger charge is -2.06. The first-order valence-corrected chi connectivity index (χ1v) is 5.84. The van der Waals surface area contributed by atoms with Crippen LogP contribution in [0.15, 0.2) is 17.1 Å². The minimum Gasteiger partial charge on any atom is -0.367 e. The van der Waals surface area contributed by atoms with E-state index < -0.39 is 5.82 Å². The molecule has 2 heterocycles. The standard InChI is InChI=1S/C9H11FN6S/c10-7-3-13-9(16-11)15-8(7)12-2-1-6-4-17-5-14-6/h3-5H,1-2,11H2,(H2,12,13,15,16). The SMILES string of the molecule is NNc1ncc(F)c(NCCc2cscn2)n1. The van der Waals surface area contributed by atoms with E-state index in [-0.39, 0.29) is 11.8 Å². The summed E-state index contributed by atoms with van der Waals surface area (Å²) in [6, 6.07) is 0. The van der Waals surface area contributed by atoms with Gasteiger partial charge in [0.25, 0.3) is 0 Å². The van der Waals surface area contributed by atoms with E-state index in [1.54, 1.807) is 5.51 Å². The summed E-state index contributed by atoms with van der Waals surface area (Å²) in [5, 5.41) is 4.82. The van der Waals surface area contributed by atoms with Gasteiger partial charge in [0.05, 0.1) is 17.4 Å². The number of hydrazine groups is 1. The number of nitrogens with two attached hydrogens (primary N) is 1. The van der Waals surface area contributed by atoms with Crippen molar-refractivity contribution in [3.8, 4) is 0 Å². The minimum atomic E-state index is -0.512. The number of nitrogen functional groups attached to an aromatic ring is 1. The van der Waals surface area contributed by atoms with Gasteiger partial charge in [-0.25, -0.2) is 20.2 Å². The molecule has 0 aliphatic heterocycles. The highest BCUT2D eigenvalue weighted by Crippen LogP contribution is 2.11. The number of thiazole rings is 1. The summed E-state index contributed by atoms with van der Waals surface area (Å²) in [6.07, 6.45) is 1.77. The molecule has 4 N–H and O–H groups in total. The van der Waals surface area contributed by atoms with Gasteiger partial charge in [-0.15, -0.1) is 11.3 Å². The fourth-order valence-electron chi connectivity index (χ4n) is 1.23. The zero-order valence-corrected chi connectivity index (χ0v) is 9.67. The molecule has 0 fully saturated rings. The second-order valence-corrected chi connectivity index (χ2v) is 3.91. The van der Waals surface area contributed by atoms with Crippen molar-refractivity contribution in [3.63, 3.8) is 0 Å². The van der Waals surface area contributed by atoms with Crippen LogP contribution in [0.1, 0.15) is 5.69 Å². The second-order valence-electron chi connectivity index (χ2n) is 3.19. The number of rotatable bonds is 5. The van der Waals surface area contributed by atoms with Crippen molar-refractivity contribution in [2.45, 2.75) is 6.42 Å². The van der Waals surface area contributed by atoms with E-state index >= 15 is 0 Å².